The maximum atomic E-state index is 12.8. The van der Waals surface area contributed by atoms with Crippen LogP contribution in [0.3, 0.4) is 0 Å². The van der Waals surface area contributed by atoms with Crippen molar-refractivity contribution in [2.24, 2.45) is 0 Å². The lowest BCUT2D eigenvalue weighted by atomic mass is 9.91. The fourth-order valence-electron chi connectivity index (χ4n) is 4.13. The van der Waals surface area contributed by atoms with Crippen LogP contribution in [-0.4, -0.2) is 38.8 Å². The van der Waals surface area contributed by atoms with Gasteiger partial charge < -0.3 is 19.2 Å². The lowest BCUT2D eigenvalue weighted by molar-refractivity contribution is -0.120. The van der Waals surface area contributed by atoms with E-state index >= 15 is 0 Å². The Morgan fingerprint density at radius 1 is 1.35 bits per heavy atom. The highest BCUT2D eigenvalue weighted by molar-refractivity contribution is 7.94. The topological polar surface area (TPSA) is 112 Å². The zero-order valence-corrected chi connectivity index (χ0v) is 18.7. The quantitative estimate of drug-likeness (QED) is 0.715. The van der Waals surface area contributed by atoms with Gasteiger partial charge in [-0.25, -0.2) is 13.2 Å². The van der Waals surface area contributed by atoms with E-state index in [9.17, 15) is 18.0 Å². The minimum Gasteiger partial charge on any atom is -0.496 e. The number of nitrogens with one attached hydrogen (secondary N) is 1. The number of hydrogen-bond acceptors (Lipinski definition) is 7. The molecule has 3 heterocycles. The summed E-state index contributed by atoms with van der Waals surface area (Å²) in [5.74, 6) is 0.492. The molecule has 0 aliphatic carbocycles. The molecule has 2 aromatic rings. The van der Waals surface area contributed by atoms with Gasteiger partial charge in [-0.1, -0.05) is 0 Å². The summed E-state index contributed by atoms with van der Waals surface area (Å²) >= 11 is 0. The van der Waals surface area contributed by atoms with Crippen molar-refractivity contribution < 1.29 is 27.1 Å². The molecule has 8 nitrogen and oxygen atoms in total. The Morgan fingerprint density at radius 3 is 2.74 bits per heavy atom. The third-order valence-electron chi connectivity index (χ3n) is 5.77. The molecule has 9 heteroatoms. The molecule has 0 unspecified atom stereocenters. The third-order valence-corrected chi connectivity index (χ3v) is 7.17. The highest BCUT2D eigenvalue weighted by atomic mass is 32.2. The van der Waals surface area contributed by atoms with E-state index in [2.05, 4.69) is 5.32 Å². The number of carbonyl (C=O) groups excluding carboxylic acids is 1. The van der Waals surface area contributed by atoms with Crippen molar-refractivity contribution in [3.05, 3.63) is 44.7 Å². The van der Waals surface area contributed by atoms with E-state index in [0.717, 1.165) is 17.4 Å². The van der Waals surface area contributed by atoms with E-state index < -0.39 is 27.4 Å². The summed E-state index contributed by atoms with van der Waals surface area (Å²) in [5.41, 5.74) is 1.11. The molecule has 0 saturated heterocycles. The van der Waals surface area contributed by atoms with Crippen LogP contribution in [0.25, 0.3) is 11.0 Å². The van der Waals surface area contributed by atoms with Crippen LogP contribution >= 0.6 is 0 Å². The molecule has 0 bridgehead atoms. The van der Waals surface area contributed by atoms with Crippen LogP contribution in [0.15, 0.2) is 26.8 Å². The highest BCUT2D eigenvalue weighted by Crippen LogP contribution is 2.43. The van der Waals surface area contributed by atoms with Crippen molar-refractivity contribution in [1.82, 2.24) is 5.32 Å². The first-order valence-corrected chi connectivity index (χ1v) is 11.8. The number of hydrogen-bond donors (Lipinski definition) is 1. The first-order valence-electron chi connectivity index (χ1n) is 10.0. The third kappa shape index (κ3) is 4.06. The Hall–Kier alpha value is -2.81. The zero-order valence-electron chi connectivity index (χ0n) is 17.9. The number of ether oxygens (including phenoxy) is 2. The van der Waals surface area contributed by atoms with Gasteiger partial charge >= 0.3 is 5.63 Å². The lowest BCUT2D eigenvalue weighted by Gasteiger charge is -2.33. The van der Waals surface area contributed by atoms with Crippen molar-refractivity contribution in [2.75, 3.05) is 12.9 Å². The molecule has 1 amide bonds. The van der Waals surface area contributed by atoms with Crippen LogP contribution in [0.1, 0.15) is 37.0 Å². The average Bonchev–Trinajstić information content (AvgIpc) is 3.01. The second-order valence-corrected chi connectivity index (χ2v) is 10.6. The number of benzene rings is 1. The molecule has 4 rings (SSSR count). The van der Waals surface area contributed by atoms with Crippen LogP contribution in [-0.2, 0) is 27.5 Å². The summed E-state index contributed by atoms with van der Waals surface area (Å²) in [5, 5.41) is 4.36. The van der Waals surface area contributed by atoms with E-state index in [1.807, 2.05) is 13.8 Å². The van der Waals surface area contributed by atoms with Crippen molar-refractivity contribution in [1.29, 1.82) is 0 Å². The van der Waals surface area contributed by atoms with Crippen LogP contribution in [0.4, 0.5) is 0 Å². The maximum absolute atomic E-state index is 12.8. The fourth-order valence-corrected chi connectivity index (χ4v) is 5.37. The molecule has 0 fully saturated rings. The largest absolute Gasteiger partial charge is 0.496 e. The Kier molecular flexibility index (Phi) is 5.12. The molecule has 2 aliphatic rings. The number of carbonyl (C=O) groups is 1. The number of fused-ring (bicyclic) bond motifs is 3. The predicted octanol–water partition coefficient (Wildman–Crippen LogP) is 2.18. The Balaban J connectivity index is 1.72. The van der Waals surface area contributed by atoms with Crippen molar-refractivity contribution in [3.63, 3.8) is 0 Å². The number of methoxy groups -OCH3 is 1. The number of rotatable bonds is 4. The Morgan fingerprint density at radius 2 is 2.10 bits per heavy atom. The molecule has 166 valence electrons. The smallest absolute Gasteiger partial charge is 0.340 e. The molecule has 0 saturated carbocycles. The number of amides is 1. The normalized spacial score (nSPS) is 20.8. The van der Waals surface area contributed by atoms with Crippen LogP contribution < -0.4 is 20.4 Å². The van der Waals surface area contributed by atoms with Gasteiger partial charge in [0.2, 0.25) is 5.91 Å². The molecule has 2 aliphatic heterocycles. The monoisotopic (exact) mass is 447 g/mol. The highest BCUT2D eigenvalue weighted by Gasteiger charge is 2.31. The van der Waals surface area contributed by atoms with Gasteiger partial charge in [0.1, 0.15) is 22.7 Å². The second kappa shape index (κ2) is 7.40. The van der Waals surface area contributed by atoms with Crippen molar-refractivity contribution >= 4 is 26.7 Å². The first-order chi connectivity index (χ1) is 14.5. The van der Waals surface area contributed by atoms with Gasteiger partial charge in [-0.15, -0.1) is 0 Å². The summed E-state index contributed by atoms with van der Waals surface area (Å²) in [6, 6.07) is 1.19. The summed E-state index contributed by atoms with van der Waals surface area (Å²) in [6.07, 6.45) is 2.66. The molecule has 1 N–H and O–H groups in total. The fraction of sp³-hybridized carbons (Fsp3) is 0.455. The van der Waals surface area contributed by atoms with Gasteiger partial charge in [0, 0.05) is 17.0 Å². The molecular weight excluding hydrogens is 422 g/mol. The van der Waals surface area contributed by atoms with E-state index in [4.69, 9.17) is 13.9 Å². The van der Waals surface area contributed by atoms with Crippen molar-refractivity contribution in [3.8, 4) is 11.5 Å². The standard InChI is InChI=1S/C22H25NO7S/c1-12-15(9-18(24)23-13-6-8-31(26,27)11-13)21(25)29-20-14-5-7-22(2,3)30-16(14)10-17(28-4)19(12)20/h6,8,10,13H,5,7,9,11H2,1-4H3,(H,23,24)/t13-/m0/s1. The van der Waals surface area contributed by atoms with Crippen molar-refractivity contribution in [2.45, 2.75) is 51.7 Å². The van der Waals surface area contributed by atoms with Crippen LogP contribution in [0.2, 0.25) is 0 Å². The minimum atomic E-state index is -3.29. The summed E-state index contributed by atoms with van der Waals surface area (Å²) < 4.78 is 40.4. The van der Waals surface area contributed by atoms with Gasteiger partial charge in [0.05, 0.1) is 36.3 Å². The van der Waals surface area contributed by atoms with E-state index in [1.165, 1.54) is 13.2 Å². The van der Waals surface area contributed by atoms with Crippen LogP contribution in [0, 0.1) is 6.92 Å². The molecule has 0 spiro atoms. The SMILES string of the molecule is COc1cc2c(c3oc(=O)c(CC(=O)N[C@H]4C=CS(=O)(=O)C4)c(C)c13)CCC(C)(C)O2. The molecule has 1 atom stereocenters. The maximum Gasteiger partial charge on any atom is 0.340 e. The second-order valence-electron chi connectivity index (χ2n) is 8.62. The number of sulfone groups is 1. The van der Waals surface area contributed by atoms with E-state index in [0.29, 0.717) is 34.5 Å². The van der Waals surface area contributed by atoms with Gasteiger partial charge in [0.25, 0.3) is 0 Å². The molecule has 0 radical (unpaired) electrons. The zero-order chi connectivity index (χ0) is 22.6. The Labute approximate surface area is 180 Å². The number of aryl methyl sites for hydroxylation is 2. The first kappa shape index (κ1) is 21.4. The summed E-state index contributed by atoms with van der Waals surface area (Å²) in [4.78, 5) is 25.3. The summed E-state index contributed by atoms with van der Waals surface area (Å²) in [7, 11) is -1.76. The summed E-state index contributed by atoms with van der Waals surface area (Å²) in [6.45, 7) is 5.76. The van der Waals surface area contributed by atoms with Gasteiger partial charge in [-0.05, 0) is 45.3 Å². The molecule has 31 heavy (non-hydrogen) atoms. The Bertz CT molecular complexity index is 1270. The van der Waals surface area contributed by atoms with Crippen LogP contribution in [0.5, 0.6) is 11.5 Å². The van der Waals surface area contributed by atoms with Gasteiger partial charge in [-0.3, -0.25) is 4.79 Å². The van der Waals surface area contributed by atoms with Gasteiger partial charge in [-0.2, -0.15) is 0 Å². The molecule has 1 aromatic carbocycles. The molecule has 1 aromatic heterocycles. The average molecular weight is 448 g/mol. The predicted molar refractivity (Wildman–Crippen MR) is 115 cm³/mol. The minimum absolute atomic E-state index is 0.180. The molecular formula is C22H25NO7S. The van der Waals surface area contributed by atoms with Gasteiger partial charge in [0.15, 0.2) is 9.84 Å². The lowest BCUT2D eigenvalue weighted by Crippen LogP contribution is -2.37. The van der Waals surface area contributed by atoms with E-state index in [-0.39, 0.29) is 23.3 Å². The van der Waals surface area contributed by atoms with E-state index in [1.54, 1.807) is 13.0 Å².